The molecule has 0 fully saturated rings. The first-order valence-corrected chi connectivity index (χ1v) is 8.86. The van der Waals surface area contributed by atoms with Gasteiger partial charge in [-0.3, -0.25) is 4.99 Å². The number of nitrogens with zero attached hydrogens (tertiary/aromatic N) is 3. The molecule has 0 aliphatic rings. The van der Waals surface area contributed by atoms with E-state index in [1.807, 2.05) is 25.8 Å². The van der Waals surface area contributed by atoms with Crippen molar-refractivity contribution in [1.29, 1.82) is 0 Å². The quantitative estimate of drug-likeness (QED) is 0.567. The molecular weight excluding hydrogens is 339 g/mol. The van der Waals surface area contributed by atoms with Crippen LogP contribution in [0, 0.1) is 19.7 Å². The van der Waals surface area contributed by atoms with Gasteiger partial charge in [0.05, 0.1) is 23.8 Å². The third-order valence-electron chi connectivity index (χ3n) is 4.04. The summed E-state index contributed by atoms with van der Waals surface area (Å²) in [5.41, 5.74) is 2.65. The second-order valence-electron chi connectivity index (χ2n) is 5.91. The lowest BCUT2D eigenvalue weighted by molar-refractivity contribution is 0.460. The van der Waals surface area contributed by atoms with Crippen LogP contribution in [0.4, 0.5) is 4.39 Å². The Morgan fingerprint density at radius 3 is 2.88 bits per heavy atom. The summed E-state index contributed by atoms with van der Waals surface area (Å²) in [5.74, 6) is 1.27. The number of halogens is 1. The molecule has 1 N–H and O–H groups in total. The van der Waals surface area contributed by atoms with Crippen LogP contribution in [0.1, 0.15) is 22.0 Å². The van der Waals surface area contributed by atoms with Gasteiger partial charge in [-0.1, -0.05) is 0 Å². The first kappa shape index (κ1) is 17.4. The van der Waals surface area contributed by atoms with Gasteiger partial charge in [-0.25, -0.2) is 9.37 Å². The Morgan fingerprint density at radius 2 is 2.20 bits per heavy atom. The van der Waals surface area contributed by atoms with Crippen molar-refractivity contribution in [2.24, 2.45) is 4.99 Å². The van der Waals surface area contributed by atoms with E-state index in [1.54, 1.807) is 24.5 Å². The van der Waals surface area contributed by atoms with Crippen molar-refractivity contribution >= 4 is 28.3 Å². The minimum Gasteiger partial charge on any atom is -0.459 e. The number of aromatic nitrogens is 1. The van der Waals surface area contributed by atoms with Crippen molar-refractivity contribution in [2.75, 3.05) is 14.1 Å². The van der Waals surface area contributed by atoms with E-state index in [9.17, 15) is 4.39 Å². The molecule has 0 spiro atoms. The maximum Gasteiger partial charge on any atom is 0.194 e. The molecule has 2 heterocycles. The van der Waals surface area contributed by atoms with Crippen LogP contribution < -0.4 is 5.32 Å². The molecule has 7 heteroatoms. The standard InChI is InChI=1S/C18H21FN4OS/c1-11-15-7-13(19)5-6-16(15)24-17(11)8-21-18(20-3)23(4)9-14-10-25-12(2)22-14/h5-7,10H,8-9H2,1-4H3,(H,20,21). The normalized spacial score (nSPS) is 12.0. The first-order valence-electron chi connectivity index (χ1n) is 7.98. The van der Waals surface area contributed by atoms with E-state index in [2.05, 4.69) is 20.7 Å². The van der Waals surface area contributed by atoms with Crippen LogP contribution in [0.15, 0.2) is 33.0 Å². The molecule has 1 aromatic carbocycles. The maximum atomic E-state index is 13.4. The maximum absolute atomic E-state index is 13.4. The Balaban J connectivity index is 1.69. The van der Waals surface area contributed by atoms with Crippen molar-refractivity contribution < 1.29 is 8.81 Å². The fourth-order valence-corrected chi connectivity index (χ4v) is 3.36. The topological polar surface area (TPSA) is 53.7 Å². The Labute approximate surface area is 150 Å². The molecule has 25 heavy (non-hydrogen) atoms. The SMILES string of the molecule is CN=C(NCc1oc2ccc(F)cc2c1C)N(C)Cc1csc(C)n1. The minimum absolute atomic E-state index is 0.259. The third kappa shape index (κ3) is 3.82. The van der Waals surface area contributed by atoms with E-state index in [0.717, 1.165) is 33.4 Å². The summed E-state index contributed by atoms with van der Waals surface area (Å²) < 4.78 is 19.3. The minimum atomic E-state index is -0.259. The molecule has 3 rings (SSSR count). The third-order valence-corrected chi connectivity index (χ3v) is 4.87. The van der Waals surface area contributed by atoms with Crippen molar-refractivity contribution in [2.45, 2.75) is 26.9 Å². The zero-order chi connectivity index (χ0) is 18.0. The number of aliphatic imine (C=N–C) groups is 1. The molecule has 0 aliphatic carbocycles. The number of benzene rings is 1. The molecule has 3 aromatic rings. The smallest absolute Gasteiger partial charge is 0.194 e. The van der Waals surface area contributed by atoms with Gasteiger partial charge in [-0.15, -0.1) is 11.3 Å². The molecule has 0 unspecified atom stereocenters. The molecule has 0 saturated heterocycles. The number of hydrogen-bond donors (Lipinski definition) is 1. The van der Waals surface area contributed by atoms with Crippen molar-refractivity contribution in [1.82, 2.24) is 15.2 Å². The number of nitrogens with one attached hydrogen (secondary N) is 1. The van der Waals surface area contributed by atoms with Gasteiger partial charge in [-0.05, 0) is 32.0 Å². The van der Waals surface area contributed by atoms with E-state index in [-0.39, 0.29) is 5.82 Å². The zero-order valence-corrected chi connectivity index (χ0v) is 15.6. The summed E-state index contributed by atoms with van der Waals surface area (Å²) in [6.45, 7) is 5.09. The summed E-state index contributed by atoms with van der Waals surface area (Å²) in [7, 11) is 3.71. The zero-order valence-electron chi connectivity index (χ0n) is 14.8. The highest BCUT2D eigenvalue weighted by Crippen LogP contribution is 2.25. The van der Waals surface area contributed by atoms with Gasteiger partial charge >= 0.3 is 0 Å². The Kier molecular flexibility index (Phi) is 5.03. The summed E-state index contributed by atoms with van der Waals surface area (Å²) in [4.78, 5) is 10.8. The summed E-state index contributed by atoms with van der Waals surface area (Å²) in [6.07, 6.45) is 0. The lowest BCUT2D eigenvalue weighted by Gasteiger charge is -2.20. The monoisotopic (exact) mass is 360 g/mol. The molecule has 2 aromatic heterocycles. The summed E-state index contributed by atoms with van der Waals surface area (Å²) in [6, 6.07) is 4.57. The fourth-order valence-electron chi connectivity index (χ4n) is 2.76. The predicted molar refractivity (Wildman–Crippen MR) is 99.4 cm³/mol. The molecule has 0 amide bonds. The van der Waals surface area contributed by atoms with Gasteiger partial charge in [0.1, 0.15) is 17.2 Å². The molecule has 132 valence electrons. The number of fused-ring (bicyclic) bond motifs is 1. The predicted octanol–water partition coefficient (Wildman–Crippen LogP) is 3.85. The van der Waals surface area contributed by atoms with Crippen molar-refractivity contribution in [3.05, 3.63) is 51.4 Å². The molecular formula is C18H21FN4OS. The highest BCUT2D eigenvalue weighted by molar-refractivity contribution is 7.09. The van der Waals surface area contributed by atoms with E-state index in [1.165, 1.54) is 12.1 Å². The average molecular weight is 360 g/mol. The Morgan fingerprint density at radius 1 is 1.40 bits per heavy atom. The van der Waals surface area contributed by atoms with E-state index < -0.39 is 0 Å². The molecule has 0 atom stereocenters. The second kappa shape index (κ2) is 7.23. The van der Waals surface area contributed by atoms with Gasteiger partial charge in [0.15, 0.2) is 5.96 Å². The number of thiazole rings is 1. The Hall–Kier alpha value is -2.41. The van der Waals surface area contributed by atoms with Crippen LogP contribution in [0.3, 0.4) is 0 Å². The van der Waals surface area contributed by atoms with Gasteiger partial charge in [0, 0.05) is 30.4 Å². The van der Waals surface area contributed by atoms with Crippen LogP contribution >= 0.6 is 11.3 Å². The second-order valence-corrected chi connectivity index (χ2v) is 6.97. The molecule has 0 saturated carbocycles. The highest BCUT2D eigenvalue weighted by atomic mass is 32.1. The van der Waals surface area contributed by atoms with E-state index in [0.29, 0.717) is 18.7 Å². The van der Waals surface area contributed by atoms with Crippen LogP contribution in [-0.2, 0) is 13.1 Å². The van der Waals surface area contributed by atoms with E-state index >= 15 is 0 Å². The lowest BCUT2D eigenvalue weighted by Crippen LogP contribution is -2.38. The number of rotatable bonds is 4. The molecule has 0 aliphatic heterocycles. The van der Waals surface area contributed by atoms with Gasteiger partial charge < -0.3 is 14.6 Å². The number of guanidine groups is 1. The molecule has 0 bridgehead atoms. The van der Waals surface area contributed by atoms with Crippen LogP contribution in [-0.4, -0.2) is 29.9 Å². The highest BCUT2D eigenvalue weighted by Gasteiger charge is 2.13. The molecule has 0 radical (unpaired) electrons. The molecule has 5 nitrogen and oxygen atoms in total. The van der Waals surface area contributed by atoms with Crippen LogP contribution in [0.2, 0.25) is 0 Å². The van der Waals surface area contributed by atoms with Crippen LogP contribution in [0.5, 0.6) is 0 Å². The summed E-state index contributed by atoms with van der Waals surface area (Å²) in [5, 5.41) is 7.20. The summed E-state index contributed by atoms with van der Waals surface area (Å²) >= 11 is 1.64. The van der Waals surface area contributed by atoms with E-state index in [4.69, 9.17) is 4.42 Å². The van der Waals surface area contributed by atoms with Crippen LogP contribution in [0.25, 0.3) is 11.0 Å². The first-order chi connectivity index (χ1) is 12.0. The van der Waals surface area contributed by atoms with Gasteiger partial charge in [-0.2, -0.15) is 0 Å². The lowest BCUT2D eigenvalue weighted by atomic mass is 10.1. The van der Waals surface area contributed by atoms with Crippen molar-refractivity contribution in [3.8, 4) is 0 Å². The Bertz CT molecular complexity index is 915. The van der Waals surface area contributed by atoms with Gasteiger partial charge in [0.25, 0.3) is 0 Å². The largest absolute Gasteiger partial charge is 0.459 e. The average Bonchev–Trinajstić information content (AvgIpc) is 3.12. The fraction of sp³-hybridized carbons (Fsp3) is 0.333. The van der Waals surface area contributed by atoms with Gasteiger partial charge in [0.2, 0.25) is 0 Å². The number of hydrogen-bond acceptors (Lipinski definition) is 4. The number of furan rings is 1. The van der Waals surface area contributed by atoms with Crippen molar-refractivity contribution in [3.63, 3.8) is 0 Å². The number of aryl methyl sites for hydroxylation is 2.